The van der Waals surface area contributed by atoms with Crippen molar-refractivity contribution in [2.24, 2.45) is 4.99 Å². The highest BCUT2D eigenvalue weighted by atomic mass is 32.2. The topological polar surface area (TPSA) is 104 Å². The lowest BCUT2D eigenvalue weighted by Crippen LogP contribution is -2.37. The molecule has 0 radical (unpaired) electrons. The van der Waals surface area contributed by atoms with E-state index in [1.807, 2.05) is 0 Å². The number of aliphatic imine (C=N–C) groups is 1. The molecule has 27 heavy (non-hydrogen) atoms. The Morgan fingerprint density at radius 2 is 1.93 bits per heavy atom. The number of nitrogens with zero attached hydrogens (tertiary/aromatic N) is 2. The summed E-state index contributed by atoms with van der Waals surface area (Å²) in [7, 11) is -3.14. The van der Waals surface area contributed by atoms with E-state index < -0.39 is 21.7 Å². The first-order valence-electron chi connectivity index (χ1n) is 8.45. The molecule has 1 amide bonds. The molecule has 2 aliphatic heterocycles. The molecule has 0 spiro atoms. The van der Waals surface area contributed by atoms with Gasteiger partial charge in [0.05, 0.1) is 17.5 Å². The number of amidine groups is 1. The van der Waals surface area contributed by atoms with Gasteiger partial charge in [0.1, 0.15) is 5.82 Å². The molecule has 1 N–H and O–H groups in total. The first kappa shape index (κ1) is 19.8. The highest BCUT2D eigenvalue weighted by Gasteiger charge is 2.48. The molecular formula is C17H19FN2O5S2. The van der Waals surface area contributed by atoms with Crippen molar-refractivity contribution >= 4 is 38.6 Å². The van der Waals surface area contributed by atoms with Crippen molar-refractivity contribution in [1.82, 2.24) is 4.90 Å². The molecule has 7 nitrogen and oxygen atoms in total. The minimum atomic E-state index is -3.14. The number of hydrogen-bond donors (Lipinski definition) is 1. The molecule has 0 unspecified atom stereocenters. The molecule has 146 valence electrons. The number of carbonyl (C=O) groups excluding carboxylic acids is 1. The lowest BCUT2D eigenvalue weighted by molar-refractivity contribution is -0.137. The summed E-state index contributed by atoms with van der Waals surface area (Å²) in [4.78, 5) is 28.5. The van der Waals surface area contributed by atoms with Crippen molar-refractivity contribution in [3.8, 4) is 0 Å². The average molecular weight is 414 g/mol. The number of benzene rings is 1. The number of aliphatic carboxylic acids is 1. The van der Waals surface area contributed by atoms with Crippen LogP contribution in [-0.4, -0.2) is 58.3 Å². The molecule has 3 rings (SSSR count). The summed E-state index contributed by atoms with van der Waals surface area (Å²) in [5.41, 5.74) is 0.785. The van der Waals surface area contributed by atoms with Crippen LogP contribution in [0.5, 0.6) is 0 Å². The first-order chi connectivity index (χ1) is 12.7. The van der Waals surface area contributed by atoms with Gasteiger partial charge in [-0.05, 0) is 24.1 Å². The number of fused-ring (bicyclic) bond motifs is 1. The molecule has 2 aliphatic rings. The second-order valence-corrected chi connectivity index (χ2v) is 9.95. The number of carboxylic acids is 1. The summed E-state index contributed by atoms with van der Waals surface area (Å²) >= 11 is 1.27. The Bertz CT molecular complexity index is 870. The van der Waals surface area contributed by atoms with Crippen LogP contribution in [0.2, 0.25) is 0 Å². The van der Waals surface area contributed by atoms with Gasteiger partial charge >= 0.3 is 5.97 Å². The monoisotopic (exact) mass is 414 g/mol. The molecule has 1 aromatic rings. The van der Waals surface area contributed by atoms with Gasteiger partial charge in [-0.1, -0.05) is 23.9 Å². The fourth-order valence-corrected chi connectivity index (χ4v) is 7.13. The van der Waals surface area contributed by atoms with Crippen LogP contribution in [0.25, 0.3) is 0 Å². The van der Waals surface area contributed by atoms with Gasteiger partial charge in [0.15, 0.2) is 15.0 Å². The van der Waals surface area contributed by atoms with E-state index in [-0.39, 0.29) is 47.9 Å². The molecular weight excluding hydrogens is 395 g/mol. The maximum absolute atomic E-state index is 13.1. The highest BCUT2D eigenvalue weighted by Crippen LogP contribution is 2.39. The van der Waals surface area contributed by atoms with E-state index in [1.54, 1.807) is 17.0 Å². The second kappa shape index (κ2) is 7.97. The molecule has 2 heterocycles. The Hall–Kier alpha value is -1.94. The highest BCUT2D eigenvalue weighted by molar-refractivity contribution is 8.15. The van der Waals surface area contributed by atoms with E-state index in [1.165, 1.54) is 23.9 Å². The van der Waals surface area contributed by atoms with Gasteiger partial charge in [0.25, 0.3) is 0 Å². The third-order valence-corrected chi connectivity index (χ3v) is 7.69. The Labute approximate surface area is 160 Å². The van der Waals surface area contributed by atoms with Crippen LogP contribution in [-0.2, 0) is 26.0 Å². The number of halogens is 1. The number of sulfone groups is 1. The summed E-state index contributed by atoms with van der Waals surface area (Å²) in [5.74, 6) is -1.72. The Kier molecular flexibility index (Phi) is 5.85. The maximum Gasteiger partial charge on any atom is 0.303 e. The second-order valence-electron chi connectivity index (χ2n) is 6.59. The number of amides is 1. The predicted octanol–water partition coefficient (Wildman–Crippen LogP) is 1.68. The average Bonchev–Trinajstić information content (AvgIpc) is 3.02. The number of carbonyl (C=O) groups is 2. The molecule has 2 fully saturated rings. The normalized spacial score (nSPS) is 24.9. The van der Waals surface area contributed by atoms with Crippen LogP contribution in [0.15, 0.2) is 29.3 Å². The lowest BCUT2D eigenvalue weighted by Gasteiger charge is -2.24. The summed E-state index contributed by atoms with van der Waals surface area (Å²) < 4.78 is 37.1. The molecule has 2 saturated heterocycles. The number of carboxylic acid groups (broad SMARTS) is 1. The standard InChI is InChI=1S/C17H19FN2O5S2/c18-12-6-4-11(5-7-12)8-20-13-9-27(24,25)10-14(13)26-17(20)19-15(21)2-1-3-16(22)23/h4-7,13-14H,1-3,8-10H2,(H,22,23)/t13-,14-/m0/s1. The fraction of sp³-hybridized carbons (Fsp3) is 0.471. The van der Waals surface area contributed by atoms with Crippen LogP contribution in [0.4, 0.5) is 4.39 Å². The first-order valence-corrected chi connectivity index (χ1v) is 11.1. The van der Waals surface area contributed by atoms with E-state index in [9.17, 15) is 22.4 Å². The predicted molar refractivity (Wildman–Crippen MR) is 99.7 cm³/mol. The molecule has 0 aliphatic carbocycles. The Balaban J connectivity index is 1.77. The minimum Gasteiger partial charge on any atom is -0.481 e. The number of rotatable bonds is 6. The quantitative estimate of drug-likeness (QED) is 0.755. The van der Waals surface area contributed by atoms with Gasteiger partial charge in [-0.2, -0.15) is 4.99 Å². The van der Waals surface area contributed by atoms with Gasteiger partial charge in [-0.3, -0.25) is 9.59 Å². The van der Waals surface area contributed by atoms with Gasteiger partial charge in [-0.25, -0.2) is 12.8 Å². The van der Waals surface area contributed by atoms with Crippen LogP contribution in [0, 0.1) is 5.82 Å². The van der Waals surface area contributed by atoms with Crippen molar-refractivity contribution in [1.29, 1.82) is 0 Å². The van der Waals surface area contributed by atoms with Crippen molar-refractivity contribution in [2.45, 2.75) is 37.1 Å². The fourth-order valence-electron chi connectivity index (χ4n) is 3.16. The van der Waals surface area contributed by atoms with Gasteiger partial charge in [0.2, 0.25) is 5.91 Å². The van der Waals surface area contributed by atoms with Crippen molar-refractivity contribution in [3.63, 3.8) is 0 Å². The summed E-state index contributed by atoms with van der Waals surface area (Å²) in [6, 6.07) is 5.60. The van der Waals surface area contributed by atoms with E-state index in [2.05, 4.69) is 4.99 Å². The molecule has 1 aromatic carbocycles. The smallest absolute Gasteiger partial charge is 0.303 e. The van der Waals surface area contributed by atoms with Crippen molar-refractivity contribution in [3.05, 3.63) is 35.6 Å². The zero-order valence-corrected chi connectivity index (χ0v) is 16.0. The van der Waals surface area contributed by atoms with E-state index in [4.69, 9.17) is 5.11 Å². The lowest BCUT2D eigenvalue weighted by atomic mass is 10.1. The van der Waals surface area contributed by atoms with E-state index in [0.29, 0.717) is 11.7 Å². The largest absolute Gasteiger partial charge is 0.481 e. The van der Waals surface area contributed by atoms with Gasteiger partial charge in [-0.15, -0.1) is 0 Å². The van der Waals surface area contributed by atoms with Crippen LogP contribution < -0.4 is 0 Å². The van der Waals surface area contributed by atoms with E-state index >= 15 is 0 Å². The summed E-state index contributed by atoms with van der Waals surface area (Å²) in [6.07, 6.45) is 0.121. The zero-order valence-electron chi connectivity index (χ0n) is 14.4. The van der Waals surface area contributed by atoms with Crippen LogP contribution in [0.3, 0.4) is 0 Å². The Morgan fingerprint density at radius 3 is 2.59 bits per heavy atom. The minimum absolute atomic E-state index is 0.00190. The molecule has 0 saturated carbocycles. The molecule has 2 atom stereocenters. The zero-order chi connectivity index (χ0) is 19.6. The number of thioether (sulfide) groups is 1. The van der Waals surface area contributed by atoms with Crippen molar-refractivity contribution in [2.75, 3.05) is 11.5 Å². The van der Waals surface area contributed by atoms with Crippen LogP contribution >= 0.6 is 11.8 Å². The van der Waals surface area contributed by atoms with Crippen LogP contribution in [0.1, 0.15) is 24.8 Å². The third-order valence-electron chi connectivity index (χ3n) is 4.44. The Morgan fingerprint density at radius 1 is 1.22 bits per heavy atom. The van der Waals surface area contributed by atoms with Crippen molar-refractivity contribution < 1.29 is 27.5 Å². The SMILES string of the molecule is O=C(O)CCCC(=O)N=C1S[C@H]2CS(=O)(=O)C[C@@H]2N1Cc1ccc(F)cc1. The summed E-state index contributed by atoms with van der Waals surface area (Å²) in [5, 5.41) is 8.91. The molecule has 10 heteroatoms. The maximum atomic E-state index is 13.1. The van der Waals surface area contributed by atoms with Gasteiger partial charge in [0, 0.05) is 24.6 Å². The van der Waals surface area contributed by atoms with E-state index in [0.717, 1.165) is 5.56 Å². The third kappa shape index (κ3) is 5.07. The van der Waals surface area contributed by atoms with Gasteiger partial charge < -0.3 is 10.0 Å². The molecule has 0 aromatic heterocycles. The summed E-state index contributed by atoms with van der Waals surface area (Å²) in [6.45, 7) is 0.325. The molecule has 0 bridgehead atoms. The number of hydrogen-bond acceptors (Lipinski definition) is 5.